The molecule has 0 atom stereocenters. The number of ether oxygens (including phenoxy) is 1. The highest BCUT2D eigenvalue weighted by molar-refractivity contribution is 5.88. The van der Waals surface area contributed by atoms with Crippen LogP contribution in [-0.4, -0.2) is 53.0 Å². The second kappa shape index (κ2) is 8.00. The summed E-state index contributed by atoms with van der Waals surface area (Å²) in [6.45, 7) is 1.90. The molecule has 0 saturated carbocycles. The lowest BCUT2D eigenvalue weighted by Crippen LogP contribution is -2.42. The first-order valence-corrected chi connectivity index (χ1v) is 9.61. The van der Waals surface area contributed by atoms with Gasteiger partial charge in [-0.25, -0.2) is 4.98 Å². The Labute approximate surface area is 168 Å². The van der Waals surface area contributed by atoms with E-state index in [1.807, 2.05) is 48.3 Å². The number of nitro groups is 1. The van der Waals surface area contributed by atoms with Crippen molar-refractivity contribution in [3.8, 4) is 11.6 Å². The molecule has 0 aliphatic carbocycles. The number of hydrogen-bond acceptors (Lipinski definition) is 7. The van der Waals surface area contributed by atoms with Crippen LogP contribution in [0.4, 0.5) is 11.5 Å². The number of likely N-dealkylation sites (tertiary alicyclic amines) is 1. The molecule has 1 aliphatic rings. The van der Waals surface area contributed by atoms with Gasteiger partial charge in [0.1, 0.15) is 12.1 Å². The predicted octanol–water partition coefficient (Wildman–Crippen LogP) is 3.86. The summed E-state index contributed by atoms with van der Waals surface area (Å²) in [7, 11) is 3.94. The van der Waals surface area contributed by atoms with E-state index in [-0.39, 0.29) is 23.4 Å². The molecule has 2 heterocycles. The first kappa shape index (κ1) is 19.1. The topological polar surface area (TPSA) is 84.6 Å². The minimum absolute atomic E-state index is 0.0452. The molecule has 2 aromatic carbocycles. The summed E-state index contributed by atoms with van der Waals surface area (Å²) in [6, 6.07) is 13.5. The van der Waals surface area contributed by atoms with Gasteiger partial charge in [0, 0.05) is 18.5 Å². The Morgan fingerprint density at radius 1 is 1.14 bits per heavy atom. The smallest absolute Gasteiger partial charge is 0.373 e. The Bertz CT molecular complexity index is 1030. The first-order valence-electron chi connectivity index (χ1n) is 9.61. The summed E-state index contributed by atoms with van der Waals surface area (Å²) in [5.41, 5.74) is -0.207. The van der Waals surface area contributed by atoms with Crippen molar-refractivity contribution in [2.45, 2.75) is 18.9 Å². The number of aromatic nitrogens is 2. The third-order valence-corrected chi connectivity index (χ3v) is 5.48. The molecule has 3 aromatic rings. The third kappa shape index (κ3) is 3.84. The molecule has 8 nitrogen and oxygen atoms in total. The predicted molar refractivity (Wildman–Crippen MR) is 112 cm³/mol. The molecule has 0 unspecified atom stereocenters. The number of benzene rings is 2. The molecule has 0 amide bonds. The molecule has 0 N–H and O–H groups in total. The van der Waals surface area contributed by atoms with Gasteiger partial charge in [-0.05, 0) is 44.4 Å². The van der Waals surface area contributed by atoms with E-state index in [0.29, 0.717) is 5.75 Å². The van der Waals surface area contributed by atoms with E-state index in [9.17, 15) is 10.1 Å². The zero-order chi connectivity index (χ0) is 20.4. The number of piperidine rings is 1. The molecule has 8 heteroatoms. The van der Waals surface area contributed by atoms with Crippen molar-refractivity contribution in [1.82, 2.24) is 14.9 Å². The normalized spacial score (nSPS) is 15.4. The zero-order valence-corrected chi connectivity index (χ0v) is 16.5. The molecule has 0 spiro atoms. The maximum Gasteiger partial charge on any atom is 0.373 e. The van der Waals surface area contributed by atoms with Gasteiger partial charge < -0.3 is 14.5 Å². The highest BCUT2D eigenvalue weighted by Gasteiger charge is 2.31. The van der Waals surface area contributed by atoms with Crippen LogP contribution in [0.2, 0.25) is 0 Å². The van der Waals surface area contributed by atoms with Crippen molar-refractivity contribution in [2.75, 3.05) is 32.1 Å². The summed E-state index contributed by atoms with van der Waals surface area (Å²) in [6.07, 6.45) is 3.18. The number of anilines is 1. The van der Waals surface area contributed by atoms with Gasteiger partial charge in [-0.3, -0.25) is 10.1 Å². The number of rotatable bonds is 5. The fourth-order valence-corrected chi connectivity index (χ4v) is 3.79. The average Bonchev–Trinajstić information content (AvgIpc) is 2.74. The summed E-state index contributed by atoms with van der Waals surface area (Å²) < 4.78 is 5.95. The van der Waals surface area contributed by atoms with E-state index in [4.69, 9.17) is 4.74 Å². The van der Waals surface area contributed by atoms with Gasteiger partial charge in [0.05, 0.1) is 4.92 Å². The van der Waals surface area contributed by atoms with Crippen LogP contribution in [0, 0.1) is 10.1 Å². The van der Waals surface area contributed by atoms with Crippen LogP contribution in [0.3, 0.4) is 0 Å². The van der Waals surface area contributed by atoms with Crippen molar-refractivity contribution in [3.63, 3.8) is 0 Å². The molecular formula is C21H23N5O3. The van der Waals surface area contributed by atoms with Gasteiger partial charge in [0.15, 0.2) is 0 Å². The molecule has 0 bridgehead atoms. The Morgan fingerprint density at radius 2 is 1.86 bits per heavy atom. The highest BCUT2D eigenvalue weighted by Crippen LogP contribution is 2.38. The molecule has 1 saturated heterocycles. The van der Waals surface area contributed by atoms with Gasteiger partial charge >= 0.3 is 11.6 Å². The van der Waals surface area contributed by atoms with Gasteiger partial charge in [-0.1, -0.05) is 36.4 Å². The quantitative estimate of drug-likeness (QED) is 0.481. The Hall–Kier alpha value is -3.26. The molecule has 0 radical (unpaired) electrons. The maximum absolute atomic E-state index is 11.9. The minimum atomic E-state index is -0.457. The number of nitrogens with zero attached hydrogens (tertiary/aromatic N) is 5. The van der Waals surface area contributed by atoms with E-state index in [1.54, 1.807) is 6.07 Å². The fraction of sp³-hybridized carbons (Fsp3) is 0.333. The second-order valence-corrected chi connectivity index (χ2v) is 7.33. The van der Waals surface area contributed by atoms with E-state index in [0.717, 1.165) is 36.7 Å². The number of fused-ring (bicyclic) bond motifs is 1. The van der Waals surface area contributed by atoms with Crippen LogP contribution in [0.1, 0.15) is 12.8 Å². The van der Waals surface area contributed by atoms with Crippen molar-refractivity contribution >= 4 is 22.3 Å². The summed E-state index contributed by atoms with van der Waals surface area (Å²) >= 11 is 0. The minimum Gasteiger partial charge on any atom is -0.433 e. The zero-order valence-electron chi connectivity index (χ0n) is 16.5. The van der Waals surface area contributed by atoms with Gasteiger partial charge in [-0.2, -0.15) is 4.98 Å². The van der Waals surface area contributed by atoms with Crippen molar-refractivity contribution in [2.24, 2.45) is 0 Å². The van der Waals surface area contributed by atoms with Crippen molar-refractivity contribution in [3.05, 3.63) is 58.9 Å². The lowest BCUT2D eigenvalue weighted by Gasteiger charge is -2.35. The molecule has 1 aliphatic heterocycles. The lowest BCUT2D eigenvalue weighted by atomic mass is 10.0. The highest BCUT2D eigenvalue weighted by atomic mass is 16.6. The first-order chi connectivity index (χ1) is 14.0. The Balaban J connectivity index is 1.71. The van der Waals surface area contributed by atoms with Gasteiger partial charge in [0.25, 0.3) is 0 Å². The monoisotopic (exact) mass is 393 g/mol. The molecule has 150 valence electrons. The van der Waals surface area contributed by atoms with E-state index in [1.165, 1.54) is 6.33 Å². The van der Waals surface area contributed by atoms with Crippen LogP contribution < -0.4 is 9.64 Å². The standard InChI is InChI=1S/C21H23N5O3/c1-24-12-10-16(11-13-24)25(2)20-19(26(27)28)21(23-14-22-20)29-18-9-5-7-15-6-3-4-8-17(15)18/h3-9,14,16H,10-13H2,1-2H3. The summed E-state index contributed by atoms with van der Waals surface area (Å²) in [5, 5.41) is 13.8. The fourth-order valence-electron chi connectivity index (χ4n) is 3.79. The largest absolute Gasteiger partial charge is 0.433 e. The van der Waals surface area contributed by atoms with Crippen LogP contribution >= 0.6 is 0 Å². The molecule has 1 aromatic heterocycles. The third-order valence-electron chi connectivity index (χ3n) is 5.48. The number of hydrogen-bond donors (Lipinski definition) is 0. The van der Waals surface area contributed by atoms with E-state index in [2.05, 4.69) is 21.9 Å². The molecule has 29 heavy (non-hydrogen) atoms. The Morgan fingerprint density at radius 3 is 2.62 bits per heavy atom. The molecule has 1 fully saturated rings. The van der Waals surface area contributed by atoms with Crippen LogP contribution in [-0.2, 0) is 0 Å². The summed E-state index contributed by atoms with van der Waals surface area (Å²) in [4.78, 5) is 24.0. The van der Waals surface area contributed by atoms with Crippen LogP contribution in [0.15, 0.2) is 48.8 Å². The van der Waals surface area contributed by atoms with Crippen molar-refractivity contribution < 1.29 is 9.66 Å². The van der Waals surface area contributed by atoms with Crippen LogP contribution in [0.25, 0.3) is 10.8 Å². The van der Waals surface area contributed by atoms with E-state index >= 15 is 0 Å². The van der Waals surface area contributed by atoms with Crippen LogP contribution in [0.5, 0.6) is 11.6 Å². The van der Waals surface area contributed by atoms with Gasteiger partial charge in [-0.15, -0.1) is 0 Å². The molecule has 4 rings (SSSR count). The SMILES string of the molecule is CN1CCC(N(C)c2ncnc(Oc3cccc4ccccc34)c2[N+](=O)[O-])CC1. The molecular weight excluding hydrogens is 370 g/mol. The Kier molecular flexibility index (Phi) is 5.26. The average molecular weight is 393 g/mol. The van der Waals surface area contributed by atoms with Crippen molar-refractivity contribution in [1.29, 1.82) is 0 Å². The van der Waals surface area contributed by atoms with Gasteiger partial charge in [0.2, 0.25) is 5.82 Å². The second-order valence-electron chi connectivity index (χ2n) is 7.33. The maximum atomic E-state index is 11.9. The van der Waals surface area contributed by atoms with E-state index < -0.39 is 4.92 Å². The lowest BCUT2D eigenvalue weighted by molar-refractivity contribution is -0.385. The summed E-state index contributed by atoms with van der Waals surface area (Å²) in [5.74, 6) is 0.767.